The Balaban J connectivity index is 1.53. The fourth-order valence-electron chi connectivity index (χ4n) is 12.5. The molecule has 0 saturated heterocycles. The number of aliphatic hydroxyl groups excluding tert-OH is 1. The third-order valence-corrected chi connectivity index (χ3v) is 19.5. The Morgan fingerprint density at radius 2 is 0.765 bits per heavy atom. The Labute approximate surface area is 753 Å². The number of guanidine groups is 1. The van der Waals surface area contributed by atoms with Gasteiger partial charge in [0, 0.05) is 63.9 Å². The Hall–Kier alpha value is -15.1. The van der Waals surface area contributed by atoms with Crippen molar-refractivity contribution in [3.05, 3.63) is 108 Å². The van der Waals surface area contributed by atoms with Crippen LogP contribution in [0.3, 0.4) is 0 Å². The number of aromatic nitrogens is 4. The van der Waals surface area contributed by atoms with Gasteiger partial charge in [0.2, 0.25) is 94.5 Å². The van der Waals surface area contributed by atoms with Crippen molar-refractivity contribution in [1.82, 2.24) is 105 Å². The topological polar surface area (TPSA) is 858 Å². The lowest BCUT2D eigenvalue weighted by molar-refractivity contribution is -0.143. The van der Waals surface area contributed by atoms with E-state index in [1.54, 1.807) is 48.5 Å². The zero-order valence-electron chi connectivity index (χ0n) is 72.3. The first-order valence-electron chi connectivity index (χ1n) is 41.5. The van der Waals surface area contributed by atoms with Gasteiger partial charge in [-0.05, 0) is 81.9 Å². The van der Waals surface area contributed by atoms with E-state index in [9.17, 15) is 126 Å². The van der Waals surface area contributed by atoms with Gasteiger partial charge in [-0.1, -0.05) is 74.5 Å². The summed E-state index contributed by atoms with van der Waals surface area (Å²) in [6, 6.07) is -8.16. The first-order valence-corrected chi connectivity index (χ1v) is 41.5. The number of unbranched alkanes of at least 4 members (excludes halogenated alkanes) is 1. The summed E-state index contributed by atoms with van der Waals surface area (Å²) in [6.07, 6.45) is -1.86. The summed E-state index contributed by atoms with van der Waals surface area (Å²) < 4.78 is 0. The van der Waals surface area contributed by atoms with Crippen LogP contribution < -0.4 is 108 Å². The molecule has 0 fully saturated rings. The van der Waals surface area contributed by atoms with E-state index in [0.29, 0.717) is 24.0 Å². The standard InChI is InChI=1S/C80H115N25O27/c1-40(2)65(78(130)99-47(18-12-26-88-80(84)85)70(122)102-55(30-45-34-87-39-92-45)76(128)97-48(19-22-58(83)107)71(123)100-51(79(131)132)17-10-11-25-81)105-73(125)50(21-24-62(112)113)98-74(126)53(28-43-15-8-5-9-16-43)94-59(108)36-90-69(121)57(37-106)104-77(129)56(32-64(116)117)103-75(127)54(29-44-33-86-38-91-44)95-60(109)35-89-68(120)52(27-42-13-6-4-7-14-42)101-72(124)49(20-23-61(110)111)96-66(118)41(3)93-67(119)46(82)31-63(114)115/h4-9,13-16,33-34,38-41,46-57,65,106H,10-12,17-32,35-37,81-82H2,1-3H3,(H2,83,107)(H,86,91)(H,87,92)(H,89,120)(H,90,121)(H,93,119)(H,94,108)(H,95,109)(H,96,118)(H,97,128)(H,98,126)(H,99,130)(H,100,123)(H,101,124)(H,102,122)(H,103,127)(H,104,129)(H,105,125)(H,110,111)(H,112,113)(H,114,115)(H,116,117)(H,131,132)(H4,84,85,88)/t41-,46-,47-,48-,49-,50-,51-,52-,53-,54-,55-,56-,57-,65-/m0/s1. The molecule has 132 heavy (non-hydrogen) atoms. The molecule has 0 aliphatic rings. The fourth-order valence-corrected chi connectivity index (χ4v) is 12.5. The summed E-state index contributed by atoms with van der Waals surface area (Å²) in [6.45, 7) is 0.928. The molecule has 52 nitrogen and oxygen atoms in total. The second-order valence-electron chi connectivity index (χ2n) is 30.6. The van der Waals surface area contributed by atoms with Crippen molar-refractivity contribution in [3.8, 4) is 0 Å². The molecule has 4 aromatic rings. The molecule has 2 heterocycles. The van der Waals surface area contributed by atoms with E-state index in [2.05, 4.69) is 105 Å². The van der Waals surface area contributed by atoms with Gasteiger partial charge < -0.3 is 149 Å². The molecule has 2 aromatic carbocycles. The van der Waals surface area contributed by atoms with Crippen LogP contribution in [-0.4, -0.2) is 298 Å². The van der Waals surface area contributed by atoms with E-state index in [1.165, 1.54) is 51.0 Å². The van der Waals surface area contributed by atoms with Gasteiger partial charge in [-0.2, -0.15) is 0 Å². The number of carbonyl (C=O) groups is 21. The third kappa shape index (κ3) is 41.3. The number of hydrogen-bond donors (Lipinski definition) is 29. The SMILES string of the molecule is CC(C)[C@H](NC(=O)[C@H](CCC(=O)O)NC(=O)[C@H](Cc1ccccc1)NC(=O)CNC(=O)[C@H](CO)NC(=O)[C@H](CC(=O)O)NC(=O)[C@H](Cc1c[nH]cn1)NC(=O)CNC(=O)[C@H](Cc1ccccc1)NC(=O)[C@H](CCC(=O)O)NC(=O)[C@H](C)NC(=O)[C@@H](N)CC(=O)O)C(=O)N[C@@H](CCCNC(=N)N)C(=O)N[C@@H](Cc1c[nH]cn1)C(=O)N[C@@H](CCC(N)=O)C(=O)N[C@@H](CCCCN)C(=O)O. The summed E-state index contributed by atoms with van der Waals surface area (Å²) >= 11 is 0. The van der Waals surface area contributed by atoms with E-state index in [-0.39, 0.29) is 56.6 Å². The Bertz CT molecular complexity index is 4620. The van der Waals surface area contributed by atoms with Crippen LogP contribution in [-0.2, 0) is 126 Å². The molecule has 0 spiro atoms. The number of benzene rings is 2. The highest BCUT2D eigenvalue weighted by Gasteiger charge is 2.39. The highest BCUT2D eigenvalue weighted by molar-refractivity contribution is 6.01. The predicted octanol–water partition coefficient (Wildman–Crippen LogP) is -9.64. The van der Waals surface area contributed by atoms with Crippen LogP contribution in [0.15, 0.2) is 85.7 Å². The minimum atomic E-state index is -2.14. The van der Waals surface area contributed by atoms with Crippen molar-refractivity contribution in [2.75, 3.05) is 32.8 Å². The average molecular weight is 1860 g/mol. The normalized spacial score (nSPS) is 14.1. The van der Waals surface area contributed by atoms with Gasteiger partial charge in [-0.25, -0.2) is 14.8 Å². The van der Waals surface area contributed by atoms with Crippen molar-refractivity contribution in [1.29, 1.82) is 5.41 Å². The van der Waals surface area contributed by atoms with Crippen molar-refractivity contribution in [3.63, 3.8) is 0 Å². The molecule has 0 aliphatic heterocycles. The second-order valence-corrected chi connectivity index (χ2v) is 30.6. The minimum absolute atomic E-state index is 0.0182. The lowest BCUT2D eigenvalue weighted by atomic mass is 10.00. The molecule has 0 saturated carbocycles. The number of rotatable bonds is 62. The summed E-state index contributed by atoms with van der Waals surface area (Å²) in [4.78, 5) is 294. The first kappa shape index (κ1) is 109. The molecule has 0 aliphatic carbocycles. The smallest absolute Gasteiger partial charge is 0.326 e. The second kappa shape index (κ2) is 56.9. The zero-order chi connectivity index (χ0) is 98.3. The molecule has 14 atom stereocenters. The van der Waals surface area contributed by atoms with E-state index in [4.69, 9.17) is 33.5 Å². The molecule has 33 N–H and O–H groups in total. The molecule has 0 unspecified atom stereocenters. The predicted molar refractivity (Wildman–Crippen MR) is 458 cm³/mol. The van der Waals surface area contributed by atoms with E-state index >= 15 is 0 Å². The number of nitrogens with two attached hydrogens (primary N) is 4. The number of imidazole rings is 2. The van der Waals surface area contributed by atoms with Crippen molar-refractivity contribution in [2.45, 2.75) is 215 Å². The highest BCUT2D eigenvalue weighted by Crippen LogP contribution is 2.15. The minimum Gasteiger partial charge on any atom is -0.481 e. The maximum absolute atomic E-state index is 14.6. The molecular formula is C80H115N25O27. The van der Waals surface area contributed by atoms with Gasteiger partial charge in [-0.3, -0.25) is 101 Å². The number of carboxylic acid groups (broad SMARTS) is 5. The quantitative estimate of drug-likeness (QED) is 0.0111. The van der Waals surface area contributed by atoms with Crippen molar-refractivity contribution >= 4 is 130 Å². The molecule has 4 rings (SSSR count). The van der Waals surface area contributed by atoms with Crippen LogP contribution in [0, 0.1) is 11.3 Å². The van der Waals surface area contributed by atoms with Gasteiger partial charge >= 0.3 is 29.8 Å². The van der Waals surface area contributed by atoms with Gasteiger partial charge in [0.1, 0.15) is 78.5 Å². The number of carboxylic acids is 5. The number of carbonyl (C=O) groups excluding carboxylic acids is 16. The molecule has 0 radical (unpaired) electrons. The maximum atomic E-state index is 14.6. The zero-order valence-corrected chi connectivity index (χ0v) is 72.3. The number of nitrogens with zero attached hydrogens (tertiary/aromatic N) is 2. The lowest BCUT2D eigenvalue weighted by Gasteiger charge is -2.29. The van der Waals surface area contributed by atoms with Gasteiger partial charge in [-0.15, -0.1) is 0 Å². The monoisotopic (exact) mass is 1860 g/mol. The number of aliphatic carboxylic acids is 5. The van der Waals surface area contributed by atoms with Crippen molar-refractivity contribution in [2.24, 2.45) is 28.9 Å². The lowest BCUT2D eigenvalue weighted by Crippen LogP contribution is -2.61. The van der Waals surface area contributed by atoms with E-state index in [0.717, 1.165) is 6.92 Å². The number of H-pyrrole nitrogens is 2. The van der Waals surface area contributed by atoms with Gasteiger partial charge in [0.25, 0.3) is 0 Å². The van der Waals surface area contributed by atoms with E-state index in [1.807, 2.05) is 0 Å². The molecular weight excluding hydrogens is 1740 g/mol. The summed E-state index contributed by atoms with van der Waals surface area (Å²) in [5.41, 5.74) is 23.1. The number of aromatic amines is 2. The number of hydrogen-bond acceptors (Lipinski definition) is 27. The van der Waals surface area contributed by atoms with Gasteiger partial charge in [0.15, 0.2) is 5.96 Å². The maximum Gasteiger partial charge on any atom is 0.326 e. The van der Waals surface area contributed by atoms with Crippen LogP contribution in [0.4, 0.5) is 0 Å². The molecule has 0 bridgehead atoms. The average Bonchev–Trinajstić information content (AvgIpc) is 1.19. The Morgan fingerprint density at radius 1 is 0.386 bits per heavy atom. The highest BCUT2D eigenvalue weighted by atomic mass is 16.4. The molecule has 16 amide bonds. The van der Waals surface area contributed by atoms with Crippen LogP contribution in [0.2, 0.25) is 0 Å². The fraction of sp³-hybridized carbons (Fsp3) is 0.500. The number of amides is 16. The summed E-state index contributed by atoms with van der Waals surface area (Å²) in [5.74, 6) is -26.9. The van der Waals surface area contributed by atoms with E-state index < -0.39 is 305 Å². The van der Waals surface area contributed by atoms with Crippen LogP contribution in [0.25, 0.3) is 0 Å². The van der Waals surface area contributed by atoms with Crippen molar-refractivity contribution < 1.29 is 131 Å². The van der Waals surface area contributed by atoms with Crippen LogP contribution in [0.1, 0.15) is 127 Å². The first-order chi connectivity index (χ1) is 62.5. The third-order valence-electron chi connectivity index (χ3n) is 19.5. The molecule has 52 heteroatoms. The molecule has 2 aromatic heterocycles. The Morgan fingerprint density at radius 3 is 1.19 bits per heavy atom. The van der Waals surface area contributed by atoms with Crippen LogP contribution in [0.5, 0.6) is 0 Å². The number of nitrogens with one attached hydrogen (secondary N) is 19. The number of aliphatic hydroxyl groups is 1. The molecule has 722 valence electrons. The summed E-state index contributed by atoms with van der Waals surface area (Å²) in [7, 11) is 0. The summed E-state index contributed by atoms with van der Waals surface area (Å²) in [5, 5.41) is 104. The van der Waals surface area contributed by atoms with Gasteiger partial charge in [0.05, 0.1) is 62.6 Å². The number of primary amides is 1. The largest absolute Gasteiger partial charge is 0.481 e. The Kier molecular flexibility index (Phi) is 47.1. The van der Waals surface area contributed by atoms with Crippen LogP contribution >= 0.6 is 0 Å².